The van der Waals surface area contributed by atoms with Crippen molar-refractivity contribution in [1.82, 2.24) is 4.90 Å². The molecule has 0 aromatic heterocycles. The highest BCUT2D eigenvalue weighted by Crippen LogP contribution is 2.15. The molecule has 0 spiro atoms. The van der Waals surface area contributed by atoms with E-state index in [-0.39, 0.29) is 0 Å². The molecule has 0 atom stereocenters. The molecule has 1 aromatic carbocycles. The first-order valence-electron chi connectivity index (χ1n) is 7.87. The monoisotopic (exact) mass is 289 g/mol. The molecular weight excluding hydrogens is 262 g/mol. The Morgan fingerprint density at radius 3 is 2.57 bits per heavy atom. The van der Waals surface area contributed by atoms with E-state index in [9.17, 15) is 0 Å². The van der Waals surface area contributed by atoms with Gasteiger partial charge in [0.05, 0.1) is 7.11 Å². The lowest BCUT2D eigenvalue weighted by atomic mass is 10.00. The van der Waals surface area contributed by atoms with Gasteiger partial charge in [0.2, 0.25) is 0 Å². The molecule has 0 aliphatic carbocycles. The van der Waals surface area contributed by atoms with Crippen LogP contribution in [-0.4, -0.2) is 37.6 Å². The lowest BCUT2D eigenvalue weighted by Crippen LogP contribution is -2.42. The number of piperidine rings is 1. The first-order chi connectivity index (χ1) is 10.2. The molecule has 1 fully saturated rings. The van der Waals surface area contributed by atoms with Gasteiger partial charge in [0, 0.05) is 19.6 Å². The SMILES string of the molecule is COc1ccc(CCCN=C(N)N2CCC(C)CC2)cc1. The Morgan fingerprint density at radius 2 is 1.95 bits per heavy atom. The smallest absolute Gasteiger partial charge is 0.191 e. The molecule has 0 amide bonds. The summed E-state index contributed by atoms with van der Waals surface area (Å²) in [5.41, 5.74) is 7.39. The van der Waals surface area contributed by atoms with Crippen LogP contribution in [0.15, 0.2) is 29.3 Å². The lowest BCUT2D eigenvalue weighted by Gasteiger charge is -2.31. The van der Waals surface area contributed by atoms with Crippen molar-refractivity contribution >= 4 is 5.96 Å². The normalized spacial score (nSPS) is 17.0. The summed E-state index contributed by atoms with van der Waals surface area (Å²) >= 11 is 0. The van der Waals surface area contributed by atoms with Crippen molar-refractivity contribution in [2.24, 2.45) is 16.6 Å². The molecule has 2 rings (SSSR count). The van der Waals surface area contributed by atoms with Gasteiger partial charge >= 0.3 is 0 Å². The molecule has 116 valence electrons. The number of guanidine groups is 1. The van der Waals surface area contributed by atoms with E-state index in [2.05, 4.69) is 28.9 Å². The summed E-state index contributed by atoms with van der Waals surface area (Å²) in [6, 6.07) is 8.22. The minimum atomic E-state index is 0.719. The lowest BCUT2D eigenvalue weighted by molar-refractivity contribution is 0.277. The van der Waals surface area contributed by atoms with Crippen LogP contribution in [0, 0.1) is 5.92 Å². The highest BCUT2D eigenvalue weighted by Gasteiger charge is 2.16. The Balaban J connectivity index is 1.71. The van der Waals surface area contributed by atoms with E-state index in [1.54, 1.807) is 7.11 Å². The van der Waals surface area contributed by atoms with E-state index in [4.69, 9.17) is 10.5 Å². The van der Waals surface area contributed by atoms with Crippen LogP contribution >= 0.6 is 0 Å². The first kappa shape index (κ1) is 15.7. The van der Waals surface area contributed by atoms with Gasteiger partial charge < -0.3 is 15.4 Å². The maximum atomic E-state index is 6.07. The zero-order chi connectivity index (χ0) is 15.1. The quantitative estimate of drug-likeness (QED) is 0.515. The predicted octanol–water partition coefficient (Wildman–Crippen LogP) is 2.67. The summed E-state index contributed by atoms with van der Waals surface area (Å²) < 4.78 is 5.16. The minimum Gasteiger partial charge on any atom is -0.497 e. The van der Waals surface area contributed by atoms with Gasteiger partial charge in [-0.25, -0.2) is 0 Å². The van der Waals surface area contributed by atoms with E-state index in [0.29, 0.717) is 0 Å². The van der Waals surface area contributed by atoms with Gasteiger partial charge in [-0.15, -0.1) is 0 Å². The topological polar surface area (TPSA) is 50.9 Å². The standard InChI is InChI=1S/C17H27N3O/c1-14-9-12-20(13-10-14)17(18)19-11-3-4-15-5-7-16(21-2)8-6-15/h5-8,14H,3-4,9-13H2,1-2H3,(H2,18,19). The van der Waals surface area contributed by atoms with Crippen molar-refractivity contribution in [2.45, 2.75) is 32.6 Å². The van der Waals surface area contributed by atoms with Crippen molar-refractivity contribution in [3.63, 3.8) is 0 Å². The fraction of sp³-hybridized carbons (Fsp3) is 0.588. The molecule has 1 saturated heterocycles. The average Bonchev–Trinajstić information content (AvgIpc) is 2.52. The molecule has 0 unspecified atom stereocenters. The highest BCUT2D eigenvalue weighted by atomic mass is 16.5. The summed E-state index contributed by atoms with van der Waals surface area (Å²) in [6.45, 7) is 5.20. The number of ether oxygens (including phenoxy) is 1. The minimum absolute atomic E-state index is 0.719. The highest BCUT2D eigenvalue weighted by molar-refractivity contribution is 5.78. The molecule has 0 saturated carbocycles. The summed E-state index contributed by atoms with van der Waals surface area (Å²) in [5.74, 6) is 2.45. The number of nitrogens with two attached hydrogens (primary N) is 1. The first-order valence-corrected chi connectivity index (χ1v) is 7.87. The summed E-state index contributed by atoms with van der Waals surface area (Å²) in [7, 11) is 1.69. The van der Waals surface area contributed by atoms with Crippen LogP contribution in [0.3, 0.4) is 0 Å². The second-order valence-electron chi connectivity index (χ2n) is 5.86. The van der Waals surface area contributed by atoms with Crippen molar-refractivity contribution in [1.29, 1.82) is 0 Å². The zero-order valence-corrected chi connectivity index (χ0v) is 13.2. The number of aliphatic imine (C=N–C) groups is 1. The Bertz CT molecular complexity index is 448. The third-order valence-corrected chi connectivity index (χ3v) is 4.16. The average molecular weight is 289 g/mol. The van der Waals surface area contributed by atoms with E-state index in [1.807, 2.05) is 12.1 Å². The predicted molar refractivity (Wildman–Crippen MR) is 87.8 cm³/mol. The van der Waals surface area contributed by atoms with Crippen LogP contribution in [0.25, 0.3) is 0 Å². The number of hydrogen-bond acceptors (Lipinski definition) is 2. The number of benzene rings is 1. The number of methoxy groups -OCH3 is 1. The number of nitrogens with zero attached hydrogens (tertiary/aromatic N) is 2. The van der Waals surface area contributed by atoms with Crippen LogP contribution in [0.5, 0.6) is 5.75 Å². The molecule has 1 aliphatic heterocycles. The van der Waals surface area contributed by atoms with Crippen molar-refractivity contribution < 1.29 is 4.74 Å². The molecule has 0 radical (unpaired) electrons. The van der Waals surface area contributed by atoms with Gasteiger partial charge in [0.25, 0.3) is 0 Å². The summed E-state index contributed by atoms with van der Waals surface area (Å²) in [4.78, 5) is 6.73. The fourth-order valence-electron chi connectivity index (χ4n) is 2.61. The summed E-state index contributed by atoms with van der Waals surface area (Å²) in [6.07, 6.45) is 4.50. The molecule has 4 heteroatoms. The van der Waals surface area contributed by atoms with Gasteiger partial charge in [-0.1, -0.05) is 19.1 Å². The fourth-order valence-corrected chi connectivity index (χ4v) is 2.61. The molecule has 0 bridgehead atoms. The van der Waals surface area contributed by atoms with Crippen LogP contribution in [0.4, 0.5) is 0 Å². The largest absolute Gasteiger partial charge is 0.497 e. The van der Waals surface area contributed by atoms with Gasteiger partial charge in [-0.3, -0.25) is 4.99 Å². The van der Waals surface area contributed by atoms with E-state index < -0.39 is 0 Å². The molecule has 2 N–H and O–H groups in total. The molecule has 4 nitrogen and oxygen atoms in total. The Hall–Kier alpha value is -1.71. The van der Waals surface area contributed by atoms with E-state index in [0.717, 1.165) is 50.1 Å². The van der Waals surface area contributed by atoms with Crippen LogP contribution in [-0.2, 0) is 6.42 Å². The third-order valence-electron chi connectivity index (χ3n) is 4.16. The van der Waals surface area contributed by atoms with Gasteiger partial charge in [0.1, 0.15) is 5.75 Å². The molecular formula is C17H27N3O. The molecule has 1 aromatic rings. The Kier molecular flexibility index (Phi) is 5.90. The van der Waals surface area contributed by atoms with Crippen molar-refractivity contribution in [2.75, 3.05) is 26.7 Å². The van der Waals surface area contributed by atoms with Crippen LogP contribution in [0.1, 0.15) is 31.7 Å². The van der Waals surface area contributed by atoms with Gasteiger partial charge in [-0.05, 0) is 49.3 Å². The molecule has 21 heavy (non-hydrogen) atoms. The second-order valence-corrected chi connectivity index (χ2v) is 5.86. The van der Waals surface area contributed by atoms with Gasteiger partial charge in [0.15, 0.2) is 5.96 Å². The second kappa shape index (κ2) is 7.91. The third kappa shape index (κ3) is 4.96. The van der Waals surface area contributed by atoms with Crippen molar-refractivity contribution in [3.8, 4) is 5.75 Å². The maximum absolute atomic E-state index is 6.07. The molecule has 1 aliphatic rings. The number of likely N-dealkylation sites (tertiary alicyclic amines) is 1. The van der Waals surface area contributed by atoms with Gasteiger partial charge in [-0.2, -0.15) is 0 Å². The zero-order valence-electron chi connectivity index (χ0n) is 13.2. The van der Waals surface area contributed by atoms with Crippen molar-refractivity contribution in [3.05, 3.63) is 29.8 Å². The van der Waals surface area contributed by atoms with Crippen LogP contribution < -0.4 is 10.5 Å². The maximum Gasteiger partial charge on any atom is 0.191 e. The molecule has 1 heterocycles. The number of hydrogen-bond donors (Lipinski definition) is 1. The number of aryl methyl sites for hydroxylation is 1. The summed E-state index contributed by atoms with van der Waals surface area (Å²) in [5, 5.41) is 0. The van der Waals surface area contributed by atoms with E-state index in [1.165, 1.54) is 18.4 Å². The van der Waals surface area contributed by atoms with E-state index >= 15 is 0 Å². The Morgan fingerprint density at radius 1 is 1.29 bits per heavy atom. The Labute approximate surface area is 128 Å². The number of rotatable bonds is 5. The van der Waals surface area contributed by atoms with Crippen LogP contribution in [0.2, 0.25) is 0 Å².